The number of rotatable bonds is 7. The minimum absolute atomic E-state index is 0.0200. The summed E-state index contributed by atoms with van der Waals surface area (Å²) in [5, 5.41) is 11.2. The van der Waals surface area contributed by atoms with Gasteiger partial charge in [0.2, 0.25) is 0 Å². The first-order valence-electron chi connectivity index (χ1n) is 7.48. The molecule has 0 fully saturated rings. The van der Waals surface area contributed by atoms with E-state index in [2.05, 4.69) is 0 Å². The van der Waals surface area contributed by atoms with Gasteiger partial charge in [-0.3, -0.25) is 4.79 Å². The van der Waals surface area contributed by atoms with Gasteiger partial charge in [-0.15, -0.1) is 0 Å². The van der Waals surface area contributed by atoms with E-state index in [0.717, 1.165) is 18.2 Å². The minimum Gasteiger partial charge on any atom is -0.480 e. The summed E-state index contributed by atoms with van der Waals surface area (Å²) >= 11 is 0. The van der Waals surface area contributed by atoms with Gasteiger partial charge in [0.15, 0.2) is 21.5 Å². The quantitative estimate of drug-likeness (QED) is 0.762. The lowest BCUT2D eigenvalue weighted by Crippen LogP contribution is -2.42. The van der Waals surface area contributed by atoms with Gasteiger partial charge >= 0.3 is 5.97 Å². The lowest BCUT2D eigenvalue weighted by Gasteiger charge is -2.15. The molecule has 0 spiro atoms. The highest BCUT2D eigenvalue weighted by atomic mass is 32.2. The van der Waals surface area contributed by atoms with Crippen LogP contribution in [0.4, 0.5) is 8.78 Å². The molecule has 2 aromatic carbocycles. The van der Waals surface area contributed by atoms with Crippen molar-refractivity contribution in [3.8, 4) is 0 Å². The van der Waals surface area contributed by atoms with Crippen LogP contribution in [0.3, 0.4) is 0 Å². The molecule has 9 heteroatoms. The number of carbonyl (C=O) groups excluding carboxylic acids is 1. The average molecular weight is 383 g/mol. The zero-order valence-corrected chi connectivity index (χ0v) is 14.2. The maximum Gasteiger partial charge on any atom is 0.326 e. The Hall–Kier alpha value is -2.81. The molecule has 2 aromatic rings. The normalized spacial score (nSPS) is 12.4. The van der Waals surface area contributed by atoms with Crippen LogP contribution in [0.15, 0.2) is 53.4 Å². The van der Waals surface area contributed by atoms with Gasteiger partial charge in [-0.05, 0) is 30.7 Å². The molecular weight excluding hydrogens is 368 g/mol. The van der Waals surface area contributed by atoms with E-state index in [9.17, 15) is 31.9 Å². The van der Waals surface area contributed by atoms with Gasteiger partial charge < -0.3 is 10.4 Å². The fourth-order valence-corrected chi connectivity index (χ4v) is 3.54. The summed E-state index contributed by atoms with van der Waals surface area (Å²) in [6.07, 6.45) is -0.435. The van der Waals surface area contributed by atoms with Crippen LogP contribution < -0.4 is 5.32 Å². The molecule has 26 heavy (non-hydrogen) atoms. The number of halogens is 2. The highest BCUT2D eigenvalue weighted by Gasteiger charge is 2.26. The maximum absolute atomic E-state index is 13.6. The van der Waals surface area contributed by atoms with E-state index in [-0.39, 0.29) is 4.90 Å². The van der Waals surface area contributed by atoms with Crippen LogP contribution in [0.2, 0.25) is 0 Å². The molecule has 138 valence electrons. The van der Waals surface area contributed by atoms with E-state index in [0.29, 0.717) is 0 Å². The first-order chi connectivity index (χ1) is 12.2. The number of benzene rings is 2. The van der Waals surface area contributed by atoms with Crippen molar-refractivity contribution in [2.75, 3.05) is 5.75 Å². The molecule has 0 aromatic heterocycles. The molecule has 0 radical (unpaired) electrons. The summed E-state index contributed by atoms with van der Waals surface area (Å²) in [7, 11) is -3.75. The van der Waals surface area contributed by atoms with Crippen LogP contribution >= 0.6 is 0 Å². The molecule has 2 N–H and O–H groups in total. The molecule has 6 nitrogen and oxygen atoms in total. The zero-order valence-electron chi connectivity index (χ0n) is 13.4. The summed E-state index contributed by atoms with van der Waals surface area (Å²) in [6.45, 7) is 0. The lowest BCUT2D eigenvalue weighted by molar-refractivity contribution is -0.139. The van der Waals surface area contributed by atoms with Gasteiger partial charge in [0.1, 0.15) is 6.04 Å². The van der Waals surface area contributed by atoms with Crippen molar-refractivity contribution >= 4 is 21.7 Å². The van der Waals surface area contributed by atoms with Gasteiger partial charge in [-0.25, -0.2) is 22.0 Å². The summed E-state index contributed by atoms with van der Waals surface area (Å²) in [5.74, 6) is -5.84. The van der Waals surface area contributed by atoms with Crippen molar-refractivity contribution < 1.29 is 31.9 Å². The second-order valence-electron chi connectivity index (χ2n) is 5.39. The van der Waals surface area contributed by atoms with Gasteiger partial charge in [0.25, 0.3) is 5.91 Å². The van der Waals surface area contributed by atoms with E-state index in [1.54, 1.807) is 6.07 Å². The third-order valence-corrected chi connectivity index (χ3v) is 5.34. The van der Waals surface area contributed by atoms with E-state index in [1.165, 1.54) is 24.3 Å². The molecule has 0 saturated heterocycles. The molecule has 0 aliphatic carbocycles. The first-order valence-corrected chi connectivity index (χ1v) is 9.13. The van der Waals surface area contributed by atoms with Gasteiger partial charge in [0, 0.05) is 0 Å². The molecule has 1 atom stereocenters. The molecule has 0 heterocycles. The Morgan fingerprint density at radius 1 is 1.04 bits per heavy atom. The van der Waals surface area contributed by atoms with E-state index in [4.69, 9.17) is 0 Å². The van der Waals surface area contributed by atoms with Crippen molar-refractivity contribution in [1.29, 1.82) is 0 Å². The number of amides is 1. The molecule has 0 unspecified atom stereocenters. The Labute approximate surface area is 148 Å². The molecule has 2 rings (SSSR count). The lowest BCUT2D eigenvalue weighted by atomic mass is 10.1. The van der Waals surface area contributed by atoms with Crippen LogP contribution in [0.1, 0.15) is 16.8 Å². The second-order valence-corrected chi connectivity index (χ2v) is 7.50. The number of nitrogens with one attached hydrogen (secondary N) is 1. The predicted octanol–water partition coefficient (Wildman–Crippen LogP) is 2.01. The molecule has 1 amide bonds. The van der Waals surface area contributed by atoms with Crippen molar-refractivity contribution in [3.63, 3.8) is 0 Å². The summed E-state index contributed by atoms with van der Waals surface area (Å²) < 4.78 is 51.2. The number of aliphatic carboxylic acids is 1. The smallest absolute Gasteiger partial charge is 0.326 e. The zero-order chi connectivity index (χ0) is 19.3. The Morgan fingerprint density at radius 2 is 1.69 bits per heavy atom. The number of hydrogen-bond acceptors (Lipinski definition) is 4. The van der Waals surface area contributed by atoms with Gasteiger partial charge in [-0.2, -0.15) is 0 Å². The third kappa shape index (κ3) is 4.63. The van der Waals surface area contributed by atoms with Crippen LogP contribution in [-0.2, 0) is 14.6 Å². The number of carboxylic acids is 1. The third-order valence-electron chi connectivity index (χ3n) is 3.58. The van der Waals surface area contributed by atoms with E-state index >= 15 is 0 Å². The topological polar surface area (TPSA) is 101 Å². The number of carboxylic acid groups (broad SMARTS) is 1. The van der Waals surface area contributed by atoms with Gasteiger partial charge in [-0.1, -0.05) is 24.3 Å². The Balaban J connectivity index is 2.11. The van der Waals surface area contributed by atoms with Crippen LogP contribution in [0.5, 0.6) is 0 Å². The van der Waals surface area contributed by atoms with Crippen molar-refractivity contribution in [3.05, 3.63) is 65.7 Å². The molecule has 0 bridgehead atoms. The van der Waals surface area contributed by atoms with Crippen LogP contribution in [-0.4, -0.2) is 37.2 Å². The molecule has 0 aliphatic rings. The highest BCUT2D eigenvalue weighted by Crippen LogP contribution is 2.14. The van der Waals surface area contributed by atoms with Crippen molar-refractivity contribution in [2.24, 2.45) is 0 Å². The summed E-state index contributed by atoms with van der Waals surface area (Å²) in [6, 6.07) is 8.74. The van der Waals surface area contributed by atoms with Gasteiger partial charge in [0.05, 0.1) is 16.2 Å². The van der Waals surface area contributed by atoms with Crippen molar-refractivity contribution in [2.45, 2.75) is 17.4 Å². The minimum atomic E-state index is -3.75. The van der Waals surface area contributed by atoms with E-state index in [1.807, 2.05) is 5.32 Å². The Morgan fingerprint density at radius 3 is 2.31 bits per heavy atom. The number of carbonyl (C=O) groups is 2. The molecule has 0 saturated carbocycles. The van der Waals surface area contributed by atoms with E-state index < -0.39 is 57.1 Å². The van der Waals surface area contributed by atoms with Crippen LogP contribution in [0.25, 0.3) is 0 Å². The predicted molar refractivity (Wildman–Crippen MR) is 88.4 cm³/mol. The standard InChI is InChI=1S/C17H15F2NO5S/c18-13-8-4-7-12(15(13)19)16(21)20-14(17(22)23)9-10-26(24,25)11-5-2-1-3-6-11/h1-8,14H,9-10H2,(H,20,21)(H,22,23)/t14-/m1/s1. The number of sulfone groups is 1. The Bertz CT molecular complexity index is 916. The SMILES string of the molecule is O=C(N[C@H](CCS(=O)(=O)c1ccccc1)C(=O)O)c1cccc(F)c1F. The average Bonchev–Trinajstić information content (AvgIpc) is 2.61. The first kappa shape index (κ1) is 19.5. The number of hydrogen-bond donors (Lipinski definition) is 2. The highest BCUT2D eigenvalue weighted by molar-refractivity contribution is 7.91. The van der Waals surface area contributed by atoms with Crippen LogP contribution in [0, 0.1) is 11.6 Å². The monoisotopic (exact) mass is 383 g/mol. The fourth-order valence-electron chi connectivity index (χ4n) is 2.19. The largest absolute Gasteiger partial charge is 0.480 e. The Kier molecular flexibility index (Phi) is 6.04. The molecule has 0 aliphatic heterocycles. The fraction of sp³-hybridized carbons (Fsp3) is 0.176. The maximum atomic E-state index is 13.6. The second kappa shape index (κ2) is 8.05. The van der Waals surface area contributed by atoms with Crippen molar-refractivity contribution in [1.82, 2.24) is 5.32 Å². The summed E-state index contributed by atoms with van der Waals surface area (Å²) in [5.41, 5.74) is -0.665. The summed E-state index contributed by atoms with van der Waals surface area (Å²) in [4.78, 5) is 23.3. The molecular formula is C17H15F2NO5S.